The molecule has 0 spiro atoms. The van der Waals surface area contributed by atoms with Crippen LogP contribution in [0.3, 0.4) is 0 Å². The summed E-state index contributed by atoms with van der Waals surface area (Å²) in [5.41, 5.74) is 1.85. The van der Waals surface area contributed by atoms with Gasteiger partial charge in [-0.3, -0.25) is 4.57 Å². The van der Waals surface area contributed by atoms with Crippen LogP contribution in [0.1, 0.15) is 18.3 Å². The molecule has 92 valence electrons. The molecule has 0 aliphatic carbocycles. The van der Waals surface area contributed by atoms with Crippen molar-refractivity contribution in [3.8, 4) is 11.8 Å². The van der Waals surface area contributed by atoms with E-state index < -0.39 is 0 Å². The zero-order valence-electron chi connectivity index (χ0n) is 10.0. The molecule has 1 aromatic heterocycles. The molecule has 5 heteroatoms. The number of rotatable bonds is 4. The van der Waals surface area contributed by atoms with E-state index in [4.69, 9.17) is 16.9 Å². The Morgan fingerprint density at radius 2 is 2.33 bits per heavy atom. The molecule has 1 N–H and O–H groups in total. The molecule has 2 aromatic rings. The molecule has 0 aliphatic heterocycles. The largest absolute Gasteiger partial charge is 0.313 e. The fraction of sp³-hybridized carbons (Fsp3) is 0.231. The Kier molecular flexibility index (Phi) is 3.98. The van der Waals surface area contributed by atoms with E-state index in [0.717, 1.165) is 17.8 Å². The van der Waals surface area contributed by atoms with Crippen molar-refractivity contribution in [3.05, 3.63) is 47.0 Å². The second-order valence-corrected chi connectivity index (χ2v) is 4.16. The quantitative estimate of drug-likeness (QED) is 0.919. The monoisotopic (exact) mass is 260 g/mol. The molecule has 0 fully saturated rings. The number of benzene rings is 1. The average molecular weight is 261 g/mol. The van der Waals surface area contributed by atoms with Crippen LogP contribution in [0.5, 0.6) is 0 Å². The Hall–Kier alpha value is -1.83. The van der Waals surface area contributed by atoms with Crippen LogP contribution in [0.4, 0.5) is 0 Å². The van der Waals surface area contributed by atoms with E-state index >= 15 is 0 Å². The minimum Gasteiger partial charge on any atom is -0.313 e. The first-order valence-corrected chi connectivity index (χ1v) is 6.07. The van der Waals surface area contributed by atoms with Gasteiger partial charge in [0.05, 0.1) is 5.69 Å². The normalized spacial score (nSPS) is 10.3. The van der Waals surface area contributed by atoms with Gasteiger partial charge in [-0.25, -0.2) is 4.98 Å². The predicted octanol–water partition coefficient (Wildman–Crippen LogP) is 2.51. The van der Waals surface area contributed by atoms with E-state index in [0.29, 0.717) is 17.4 Å². The number of imidazole rings is 1. The van der Waals surface area contributed by atoms with E-state index in [-0.39, 0.29) is 0 Å². The van der Waals surface area contributed by atoms with Crippen molar-refractivity contribution in [3.63, 3.8) is 0 Å². The maximum absolute atomic E-state index is 9.02. The van der Waals surface area contributed by atoms with Gasteiger partial charge in [-0.05, 0) is 18.7 Å². The molecular formula is C13H13ClN4. The number of nitrogens with zero attached hydrogens (tertiary/aromatic N) is 3. The van der Waals surface area contributed by atoms with Crippen LogP contribution in [0, 0.1) is 11.3 Å². The lowest BCUT2D eigenvalue weighted by Gasteiger charge is -2.13. The maximum atomic E-state index is 9.02. The van der Waals surface area contributed by atoms with Crippen molar-refractivity contribution in [1.29, 1.82) is 5.26 Å². The second kappa shape index (κ2) is 5.67. The number of hydrogen-bond donors (Lipinski definition) is 1. The zero-order valence-corrected chi connectivity index (χ0v) is 10.8. The second-order valence-electron chi connectivity index (χ2n) is 3.75. The molecule has 1 aromatic carbocycles. The minimum atomic E-state index is 0.356. The van der Waals surface area contributed by atoms with Gasteiger partial charge in [0.2, 0.25) is 5.82 Å². The van der Waals surface area contributed by atoms with Gasteiger partial charge in [0, 0.05) is 29.5 Å². The van der Waals surface area contributed by atoms with E-state index in [1.54, 1.807) is 17.0 Å². The Morgan fingerprint density at radius 1 is 1.50 bits per heavy atom. The summed E-state index contributed by atoms with van der Waals surface area (Å²) >= 11 is 6.22. The first-order chi connectivity index (χ1) is 8.77. The van der Waals surface area contributed by atoms with E-state index in [1.165, 1.54) is 0 Å². The van der Waals surface area contributed by atoms with Gasteiger partial charge in [0.25, 0.3) is 0 Å². The fourth-order valence-electron chi connectivity index (χ4n) is 1.78. The standard InChI is InChI=1S/C13H13ClN4/c1-2-16-9-10-11(14)4-3-5-12(10)18-7-6-17-13(18)8-15/h3-7,16H,2,9H2,1H3. The summed E-state index contributed by atoms with van der Waals surface area (Å²) in [6.07, 6.45) is 3.37. The molecule has 0 saturated heterocycles. The van der Waals surface area contributed by atoms with Gasteiger partial charge in [-0.1, -0.05) is 24.6 Å². The van der Waals surface area contributed by atoms with Crippen LogP contribution >= 0.6 is 11.6 Å². The van der Waals surface area contributed by atoms with Crippen LogP contribution in [0.25, 0.3) is 5.69 Å². The molecule has 0 aliphatic rings. The summed E-state index contributed by atoms with van der Waals surface area (Å²) in [6, 6.07) is 7.71. The van der Waals surface area contributed by atoms with Crippen LogP contribution < -0.4 is 5.32 Å². The smallest absolute Gasteiger partial charge is 0.217 e. The summed E-state index contributed by atoms with van der Waals surface area (Å²) in [5, 5.41) is 13.0. The van der Waals surface area contributed by atoms with E-state index in [1.807, 2.05) is 25.1 Å². The first-order valence-electron chi connectivity index (χ1n) is 5.69. The highest BCUT2D eigenvalue weighted by Gasteiger charge is 2.11. The summed E-state index contributed by atoms with van der Waals surface area (Å²) in [4.78, 5) is 4.00. The summed E-state index contributed by atoms with van der Waals surface area (Å²) in [6.45, 7) is 3.56. The average Bonchev–Trinajstić information content (AvgIpc) is 2.85. The molecule has 1 heterocycles. The highest BCUT2D eigenvalue weighted by Crippen LogP contribution is 2.24. The van der Waals surface area contributed by atoms with Crippen LogP contribution in [-0.2, 0) is 6.54 Å². The molecule has 0 bridgehead atoms. The topological polar surface area (TPSA) is 53.6 Å². The number of nitrogens with one attached hydrogen (secondary N) is 1. The van der Waals surface area contributed by atoms with Crippen molar-refractivity contribution < 1.29 is 0 Å². The van der Waals surface area contributed by atoms with Gasteiger partial charge in [0.15, 0.2) is 0 Å². The van der Waals surface area contributed by atoms with Gasteiger partial charge >= 0.3 is 0 Å². The Balaban J connectivity index is 2.51. The van der Waals surface area contributed by atoms with Gasteiger partial charge in [-0.15, -0.1) is 0 Å². The van der Waals surface area contributed by atoms with E-state index in [9.17, 15) is 0 Å². The fourth-order valence-corrected chi connectivity index (χ4v) is 2.01. The first kappa shape index (κ1) is 12.6. The SMILES string of the molecule is CCNCc1c(Cl)cccc1-n1ccnc1C#N. The van der Waals surface area contributed by atoms with Crippen LogP contribution in [0.15, 0.2) is 30.6 Å². The third kappa shape index (κ3) is 2.37. The number of halogens is 1. The summed E-state index contributed by atoms with van der Waals surface area (Å²) in [5.74, 6) is 0.356. The summed E-state index contributed by atoms with van der Waals surface area (Å²) < 4.78 is 1.75. The van der Waals surface area contributed by atoms with Crippen LogP contribution in [0.2, 0.25) is 5.02 Å². The maximum Gasteiger partial charge on any atom is 0.217 e. The lowest BCUT2D eigenvalue weighted by molar-refractivity contribution is 0.722. The Morgan fingerprint density at radius 3 is 3.06 bits per heavy atom. The lowest BCUT2D eigenvalue weighted by Crippen LogP contribution is -2.14. The number of hydrogen-bond acceptors (Lipinski definition) is 3. The molecule has 0 atom stereocenters. The van der Waals surface area contributed by atoms with Crippen molar-refractivity contribution >= 4 is 11.6 Å². The molecule has 4 nitrogen and oxygen atoms in total. The Labute approximate surface area is 111 Å². The Bertz CT molecular complexity index is 583. The minimum absolute atomic E-state index is 0.356. The molecule has 2 rings (SSSR count). The van der Waals surface area contributed by atoms with E-state index in [2.05, 4.69) is 16.4 Å². The highest BCUT2D eigenvalue weighted by atomic mass is 35.5. The predicted molar refractivity (Wildman–Crippen MR) is 70.7 cm³/mol. The molecule has 0 saturated carbocycles. The zero-order chi connectivity index (χ0) is 13.0. The van der Waals surface area contributed by atoms with Crippen molar-refractivity contribution in [1.82, 2.24) is 14.9 Å². The molecule has 0 radical (unpaired) electrons. The lowest BCUT2D eigenvalue weighted by atomic mass is 10.1. The van der Waals surface area contributed by atoms with Gasteiger partial charge in [-0.2, -0.15) is 5.26 Å². The third-order valence-electron chi connectivity index (χ3n) is 2.65. The van der Waals surface area contributed by atoms with Crippen molar-refractivity contribution in [2.24, 2.45) is 0 Å². The number of nitriles is 1. The van der Waals surface area contributed by atoms with Crippen molar-refractivity contribution in [2.45, 2.75) is 13.5 Å². The van der Waals surface area contributed by atoms with Gasteiger partial charge < -0.3 is 5.32 Å². The molecular weight excluding hydrogens is 248 g/mol. The highest BCUT2D eigenvalue weighted by molar-refractivity contribution is 6.31. The molecule has 18 heavy (non-hydrogen) atoms. The molecule has 0 unspecified atom stereocenters. The molecule has 0 amide bonds. The summed E-state index contributed by atoms with van der Waals surface area (Å²) in [7, 11) is 0. The van der Waals surface area contributed by atoms with Crippen LogP contribution in [-0.4, -0.2) is 16.1 Å². The van der Waals surface area contributed by atoms with Crippen molar-refractivity contribution in [2.75, 3.05) is 6.54 Å². The number of aromatic nitrogens is 2. The third-order valence-corrected chi connectivity index (χ3v) is 3.00. The van der Waals surface area contributed by atoms with Gasteiger partial charge in [0.1, 0.15) is 6.07 Å².